The number of aryl methyl sites for hydroxylation is 1. The van der Waals surface area contributed by atoms with Crippen molar-refractivity contribution >= 4 is 5.78 Å². The summed E-state index contributed by atoms with van der Waals surface area (Å²) in [6.45, 7) is 6.86. The highest BCUT2D eigenvalue weighted by atomic mass is 16.1. The van der Waals surface area contributed by atoms with Gasteiger partial charge >= 0.3 is 0 Å². The Morgan fingerprint density at radius 1 is 1.44 bits per heavy atom. The molecule has 100 valence electrons. The van der Waals surface area contributed by atoms with Gasteiger partial charge in [-0.15, -0.1) is 0 Å². The van der Waals surface area contributed by atoms with Gasteiger partial charge in [-0.3, -0.25) is 9.48 Å². The molecule has 0 spiro atoms. The quantitative estimate of drug-likeness (QED) is 0.806. The maximum absolute atomic E-state index is 12.1. The van der Waals surface area contributed by atoms with Crippen LogP contribution in [0.25, 0.3) is 0 Å². The van der Waals surface area contributed by atoms with E-state index in [9.17, 15) is 4.79 Å². The van der Waals surface area contributed by atoms with Crippen molar-refractivity contribution in [1.29, 1.82) is 0 Å². The Kier molecular flexibility index (Phi) is 3.60. The van der Waals surface area contributed by atoms with Gasteiger partial charge in [0.1, 0.15) is 5.78 Å². The van der Waals surface area contributed by atoms with Crippen molar-refractivity contribution in [2.24, 2.45) is 24.3 Å². The zero-order chi connectivity index (χ0) is 13.3. The predicted octanol–water partition coefficient (Wildman–Crippen LogP) is 2.99. The maximum Gasteiger partial charge on any atom is 0.136 e. The number of nitrogens with zero attached hydrogens (tertiary/aromatic N) is 2. The van der Waals surface area contributed by atoms with Crippen molar-refractivity contribution in [3.05, 3.63) is 18.0 Å². The highest BCUT2D eigenvalue weighted by molar-refractivity contribution is 5.82. The fraction of sp³-hybridized carbons (Fsp3) is 0.733. The molecule has 0 aliphatic heterocycles. The van der Waals surface area contributed by atoms with E-state index in [-0.39, 0.29) is 5.92 Å². The van der Waals surface area contributed by atoms with Crippen LogP contribution in [0.2, 0.25) is 0 Å². The molecule has 1 aromatic heterocycles. The third-order valence-electron chi connectivity index (χ3n) is 4.23. The summed E-state index contributed by atoms with van der Waals surface area (Å²) in [5.74, 6) is 1.31. The van der Waals surface area contributed by atoms with Crippen LogP contribution in [0.3, 0.4) is 0 Å². The van der Waals surface area contributed by atoms with E-state index in [0.29, 0.717) is 17.1 Å². The van der Waals surface area contributed by atoms with Crippen LogP contribution in [0.4, 0.5) is 0 Å². The molecule has 1 saturated carbocycles. The van der Waals surface area contributed by atoms with Crippen molar-refractivity contribution in [2.45, 2.75) is 46.5 Å². The molecule has 0 radical (unpaired) electrons. The van der Waals surface area contributed by atoms with Crippen LogP contribution >= 0.6 is 0 Å². The van der Waals surface area contributed by atoms with Gasteiger partial charge in [-0.05, 0) is 36.2 Å². The highest BCUT2D eigenvalue weighted by Crippen LogP contribution is 2.39. The number of hydrogen-bond acceptors (Lipinski definition) is 2. The van der Waals surface area contributed by atoms with Gasteiger partial charge in [0.2, 0.25) is 0 Å². The maximum atomic E-state index is 12.1. The zero-order valence-electron chi connectivity index (χ0n) is 11.9. The molecule has 3 nitrogen and oxygen atoms in total. The summed E-state index contributed by atoms with van der Waals surface area (Å²) in [5, 5.41) is 4.18. The Bertz CT molecular complexity index is 428. The Morgan fingerprint density at radius 2 is 2.17 bits per heavy atom. The number of Topliss-reactive ketones (excluding diaryl/α,β-unsaturated/α-hetero) is 1. The summed E-state index contributed by atoms with van der Waals surface area (Å²) in [4.78, 5) is 12.1. The van der Waals surface area contributed by atoms with Crippen molar-refractivity contribution < 1.29 is 4.79 Å². The summed E-state index contributed by atoms with van der Waals surface area (Å²) >= 11 is 0. The number of hydrogen-bond donors (Lipinski definition) is 0. The molecule has 2 unspecified atom stereocenters. The standard InChI is InChI=1S/C15H24N2O/c1-15(2,3)13-5-6-14(18)12(8-13)7-11-9-16-17(4)10-11/h9-10,12-13H,5-8H2,1-4H3. The second-order valence-electron chi connectivity index (χ2n) is 6.73. The van der Waals surface area contributed by atoms with E-state index in [4.69, 9.17) is 0 Å². The molecule has 0 saturated heterocycles. The summed E-state index contributed by atoms with van der Waals surface area (Å²) in [6.07, 6.45) is 7.62. The minimum atomic E-state index is 0.201. The number of rotatable bonds is 2. The topological polar surface area (TPSA) is 34.9 Å². The first-order chi connectivity index (χ1) is 8.36. The van der Waals surface area contributed by atoms with Crippen LogP contribution in [0.1, 0.15) is 45.6 Å². The molecule has 1 aromatic rings. The van der Waals surface area contributed by atoms with E-state index in [1.165, 1.54) is 5.56 Å². The molecule has 2 rings (SSSR count). The molecule has 18 heavy (non-hydrogen) atoms. The van der Waals surface area contributed by atoms with E-state index in [1.807, 2.05) is 24.1 Å². The number of carbonyl (C=O) groups excluding carboxylic acids is 1. The molecule has 0 bridgehead atoms. The molecule has 0 amide bonds. The van der Waals surface area contributed by atoms with Crippen molar-refractivity contribution in [1.82, 2.24) is 9.78 Å². The van der Waals surface area contributed by atoms with Gasteiger partial charge < -0.3 is 0 Å². The van der Waals surface area contributed by atoms with Gasteiger partial charge in [-0.1, -0.05) is 20.8 Å². The van der Waals surface area contributed by atoms with E-state index in [1.54, 1.807) is 0 Å². The van der Waals surface area contributed by atoms with Crippen molar-refractivity contribution in [3.63, 3.8) is 0 Å². The van der Waals surface area contributed by atoms with E-state index in [2.05, 4.69) is 25.9 Å². The minimum Gasteiger partial charge on any atom is -0.299 e. The fourth-order valence-corrected chi connectivity index (χ4v) is 2.96. The lowest BCUT2D eigenvalue weighted by molar-refractivity contribution is -0.126. The smallest absolute Gasteiger partial charge is 0.136 e. The lowest BCUT2D eigenvalue weighted by atomic mass is 9.68. The molecular weight excluding hydrogens is 224 g/mol. The predicted molar refractivity (Wildman–Crippen MR) is 72.2 cm³/mol. The number of ketones is 1. The Labute approximate surface area is 110 Å². The van der Waals surface area contributed by atoms with Crippen LogP contribution in [0, 0.1) is 17.3 Å². The molecule has 0 aromatic carbocycles. The molecule has 1 fully saturated rings. The van der Waals surface area contributed by atoms with Gasteiger partial charge in [-0.25, -0.2) is 0 Å². The monoisotopic (exact) mass is 248 g/mol. The van der Waals surface area contributed by atoms with Crippen LogP contribution in [0.15, 0.2) is 12.4 Å². The molecule has 1 aliphatic carbocycles. The molecule has 2 atom stereocenters. The summed E-state index contributed by atoms with van der Waals surface area (Å²) in [6, 6.07) is 0. The van der Waals surface area contributed by atoms with Gasteiger partial charge in [0.05, 0.1) is 6.20 Å². The molecule has 0 N–H and O–H groups in total. The molecule has 1 heterocycles. The second kappa shape index (κ2) is 4.87. The molecule has 1 aliphatic rings. The fourth-order valence-electron chi connectivity index (χ4n) is 2.96. The lowest BCUT2D eigenvalue weighted by Crippen LogP contribution is -2.33. The highest BCUT2D eigenvalue weighted by Gasteiger charge is 2.34. The first-order valence-electron chi connectivity index (χ1n) is 6.86. The van der Waals surface area contributed by atoms with Gasteiger partial charge in [0, 0.05) is 25.6 Å². The largest absolute Gasteiger partial charge is 0.299 e. The van der Waals surface area contributed by atoms with Crippen LogP contribution in [-0.4, -0.2) is 15.6 Å². The third-order valence-corrected chi connectivity index (χ3v) is 4.23. The van der Waals surface area contributed by atoms with Crippen LogP contribution in [0.5, 0.6) is 0 Å². The SMILES string of the molecule is Cn1cc(CC2CC(C(C)(C)C)CCC2=O)cn1. The van der Waals surface area contributed by atoms with Gasteiger partial charge in [-0.2, -0.15) is 5.10 Å². The second-order valence-corrected chi connectivity index (χ2v) is 6.73. The van der Waals surface area contributed by atoms with Crippen molar-refractivity contribution in [2.75, 3.05) is 0 Å². The first kappa shape index (κ1) is 13.3. The minimum absolute atomic E-state index is 0.201. The first-order valence-corrected chi connectivity index (χ1v) is 6.86. The van der Waals surface area contributed by atoms with Crippen LogP contribution in [-0.2, 0) is 18.3 Å². The van der Waals surface area contributed by atoms with Crippen molar-refractivity contribution in [3.8, 4) is 0 Å². The molecular formula is C15H24N2O. The summed E-state index contributed by atoms with van der Waals surface area (Å²) in [7, 11) is 1.92. The van der Waals surface area contributed by atoms with Gasteiger partial charge in [0.25, 0.3) is 0 Å². The normalized spacial score (nSPS) is 25.4. The number of aromatic nitrogens is 2. The number of carbonyl (C=O) groups is 1. The van der Waals surface area contributed by atoms with E-state index >= 15 is 0 Å². The average molecular weight is 248 g/mol. The lowest BCUT2D eigenvalue weighted by Gasteiger charge is -2.36. The van der Waals surface area contributed by atoms with E-state index in [0.717, 1.165) is 25.7 Å². The third kappa shape index (κ3) is 3.01. The Balaban J connectivity index is 2.04. The van der Waals surface area contributed by atoms with Crippen LogP contribution < -0.4 is 0 Å². The Hall–Kier alpha value is -1.12. The molecule has 3 heteroatoms. The Morgan fingerprint density at radius 3 is 2.72 bits per heavy atom. The van der Waals surface area contributed by atoms with E-state index < -0.39 is 0 Å². The summed E-state index contributed by atoms with van der Waals surface area (Å²) in [5.41, 5.74) is 1.50. The van der Waals surface area contributed by atoms with Gasteiger partial charge in [0.15, 0.2) is 0 Å². The zero-order valence-corrected chi connectivity index (χ0v) is 11.9. The average Bonchev–Trinajstić information content (AvgIpc) is 2.66. The summed E-state index contributed by atoms with van der Waals surface area (Å²) < 4.78 is 1.81.